The molecule has 0 spiro atoms. The van der Waals surface area contributed by atoms with Gasteiger partial charge in [0, 0.05) is 38.4 Å². The number of imidazole rings is 1. The summed E-state index contributed by atoms with van der Waals surface area (Å²) in [7, 11) is 0. The number of hydrogen-bond acceptors (Lipinski definition) is 3. The number of hydrogen-bond donors (Lipinski definition) is 2. The van der Waals surface area contributed by atoms with Crippen LogP contribution in [-0.4, -0.2) is 28.5 Å². The molecular formula is C10H18N4O. The molecule has 0 saturated heterocycles. The van der Waals surface area contributed by atoms with Gasteiger partial charge in [-0.1, -0.05) is 0 Å². The molecule has 0 aromatic carbocycles. The number of rotatable bonds is 6. The molecule has 0 unspecified atom stereocenters. The minimum absolute atomic E-state index is 0.0691. The molecule has 5 heteroatoms. The summed E-state index contributed by atoms with van der Waals surface area (Å²) in [5.41, 5.74) is 0. The van der Waals surface area contributed by atoms with E-state index in [1.54, 1.807) is 6.20 Å². The maximum Gasteiger partial charge on any atom is 0.221 e. The van der Waals surface area contributed by atoms with E-state index in [2.05, 4.69) is 22.5 Å². The molecule has 84 valence electrons. The average molecular weight is 210 g/mol. The first-order chi connectivity index (χ1) is 7.27. The predicted octanol–water partition coefficient (Wildman–Crippen LogP) is 0.841. The van der Waals surface area contributed by atoms with Crippen molar-refractivity contribution in [3.63, 3.8) is 0 Å². The van der Waals surface area contributed by atoms with Gasteiger partial charge in [0.2, 0.25) is 11.9 Å². The molecule has 1 heterocycles. The van der Waals surface area contributed by atoms with Crippen molar-refractivity contribution in [1.29, 1.82) is 0 Å². The van der Waals surface area contributed by atoms with Gasteiger partial charge < -0.3 is 15.2 Å². The smallest absolute Gasteiger partial charge is 0.221 e. The van der Waals surface area contributed by atoms with Gasteiger partial charge >= 0.3 is 0 Å². The second kappa shape index (κ2) is 6.06. The normalized spacial score (nSPS) is 10.0. The summed E-state index contributed by atoms with van der Waals surface area (Å²) in [6, 6.07) is 0. The average Bonchev–Trinajstić information content (AvgIpc) is 2.66. The van der Waals surface area contributed by atoms with E-state index in [1.165, 1.54) is 0 Å². The Morgan fingerprint density at radius 3 is 3.00 bits per heavy atom. The van der Waals surface area contributed by atoms with Crippen LogP contribution in [0.5, 0.6) is 0 Å². The van der Waals surface area contributed by atoms with Crippen molar-refractivity contribution in [2.45, 2.75) is 26.8 Å². The second-order valence-corrected chi connectivity index (χ2v) is 3.17. The van der Waals surface area contributed by atoms with E-state index >= 15 is 0 Å². The van der Waals surface area contributed by atoms with Crippen LogP contribution in [-0.2, 0) is 11.3 Å². The minimum Gasteiger partial charge on any atom is -0.356 e. The Bertz CT molecular complexity index is 308. The third-order valence-electron chi connectivity index (χ3n) is 2.07. The Morgan fingerprint density at radius 1 is 1.53 bits per heavy atom. The highest BCUT2D eigenvalue weighted by Crippen LogP contribution is 2.03. The van der Waals surface area contributed by atoms with Crippen LogP contribution in [0.2, 0.25) is 0 Å². The lowest BCUT2D eigenvalue weighted by molar-refractivity contribution is -0.120. The van der Waals surface area contributed by atoms with Gasteiger partial charge in [-0.3, -0.25) is 4.79 Å². The summed E-state index contributed by atoms with van der Waals surface area (Å²) < 4.78 is 2.00. The molecule has 0 atom stereocenters. The Morgan fingerprint density at radius 2 is 2.33 bits per heavy atom. The van der Waals surface area contributed by atoms with E-state index < -0.39 is 0 Å². The number of nitrogens with one attached hydrogen (secondary N) is 2. The monoisotopic (exact) mass is 210 g/mol. The number of aryl methyl sites for hydroxylation is 1. The van der Waals surface area contributed by atoms with E-state index in [0.29, 0.717) is 19.5 Å². The topological polar surface area (TPSA) is 59.0 Å². The summed E-state index contributed by atoms with van der Waals surface area (Å²) in [5, 5.41) is 5.87. The number of amides is 1. The SMILES string of the molecule is CCNC(=O)CCNc1nccn1CC. The van der Waals surface area contributed by atoms with Crippen molar-refractivity contribution < 1.29 is 4.79 Å². The van der Waals surface area contributed by atoms with Gasteiger partial charge in [-0.25, -0.2) is 4.98 Å². The Kier molecular flexibility index (Phi) is 4.66. The van der Waals surface area contributed by atoms with Crippen molar-refractivity contribution >= 4 is 11.9 Å². The zero-order valence-corrected chi connectivity index (χ0v) is 9.29. The van der Waals surface area contributed by atoms with Gasteiger partial charge in [-0.05, 0) is 13.8 Å². The highest BCUT2D eigenvalue weighted by atomic mass is 16.1. The first-order valence-electron chi connectivity index (χ1n) is 5.29. The van der Waals surface area contributed by atoms with Crippen LogP contribution in [0.25, 0.3) is 0 Å². The third kappa shape index (κ3) is 3.61. The lowest BCUT2D eigenvalue weighted by Crippen LogP contribution is -2.25. The first-order valence-corrected chi connectivity index (χ1v) is 5.29. The maximum absolute atomic E-state index is 11.1. The number of nitrogens with zero attached hydrogens (tertiary/aromatic N) is 2. The molecule has 0 bridgehead atoms. The van der Waals surface area contributed by atoms with Gasteiger partial charge in [0.05, 0.1) is 0 Å². The maximum atomic E-state index is 11.1. The molecule has 1 amide bonds. The number of carbonyl (C=O) groups excluding carboxylic acids is 1. The molecule has 5 nitrogen and oxygen atoms in total. The highest BCUT2D eigenvalue weighted by molar-refractivity contribution is 5.76. The van der Waals surface area contributed by atoms with Gasteiger partial charge in [0.1, 0.15) is 0 Å². The zero-order chi connectivity index (χ0) is 11.1. The molecule has 1 aromatic heterocycles. The highest BCUT2D eigenvalue weighted by Gasteiger charge is 2.02. The summed E-state index contributed by atoms with van der Waals surface area (Å²) in [6.07, 6.45) is 4.14. The lowest BCUT2D eigenvalue weighted by atomic mass is 10.4. The quantitative estimate of drug-likeness (QED) is 0.731. The van der Waals surface area contributed by atoms with Crippen molar-refractivity contribution in [1.82, 2.24) is 14.9 Å². The van der Waals surface area contributed by atoms with Crippen LogP contribution >= 0.6 is 0 Å². The van der Waals surface area contributed by atoms with E-state index in [1.807, 2.05) is 17.7 Å². The fourth-order valence-electron chi connectivity index (χ4n) is 1.30. The van der Waals surface area contributed by atoms with Gasteiger partial charge in [0.25, 0.3) is 0 Å². The predicted molar refractivity (Wildman–Crippen MR) is 59.7 cm³/mol. The molecule has 1 rings (SSSR count). The molecule has 0 aliphatic heterocycles. The molecular weight excluding hydrogens is 192 g/mol. The van der Waals surface area contributed by atoms with Crippen LogP contribution in [0.15, 0.2) is 12.4 Å². The van der Waals surface area contributed by atoms with Crippen molar-refractivity contribution in [3.05, 3.63) is 12.4 Å². The first kappa shape index (κ1) is 11.6. The molecule has 1 aromatic rings. The molecule has 0 aliphatic carbocycles. The zero-order valence-electron chi connectivity index (χ0n) is 9.29. The summed E-state index contributed by atoms with van der Waals surface area (Å²) >= 11 is 0. The summed E-state index contributed by atoms with van der Waals surface area (Å²) in [4.78, 5) is 15.3. The molecule has 0 radical (unpaired) electrons. The molecule has 0 fully saturated rings. The minimum atomic E-state index is 0.0691. The fourth-order valence-corrected chi connectivity index (χ4v) is 1.30. The van der Waals surface area contributed by atoms with E-state index in [4.69, 9.17) is 0 Å². The van der Waals surface area contributed by atoms with Crippen LogP contribution in [0, 0.1) is 0 Å². The standard InChI is InChI=1S/C10H18N4O/c1-3-11-9(15)5-6-12-10-13-7-8-14(10)4-2/h7-8H,3-6H2,1-2H3,(H,11,15)(H,12,13). The van der Waals surface area contributed by atoms with Crippen molar-refractivity contribution in [3.8, 4) is 0 Å². The summed E-state index contributed by atoms with van der Waals surface area (Å²) in [6.45, 7) is 6.14. The van der Waals surface area contributed by atoms with Crippen LogP contribution in [0.1, 0.15) is 20.3 Å². The van der Waals surface area contributed by atoms with Crippen LogP contribution in [0.4, 0.5) is 5.95 Å². The fraction of sp³-hybridized carbons (Fsp3) is 0.600. The van der Waals surface area contributed by atoms with E-state index in [9.17, 15) is 4.79 Å². The molecule has 0 aliphatic rings. The number of carbonyl (C=O) groups is 1. The van der Waals surface area contributed by atoms with Crippen molar-refractivity contribution in [2.75, 3.05) is 18.4 Å². The summed E-state index contributed by atoms with van der Waals surface area (Å²) in [5.74, 6) is 0.890. The van der Waals surface area contributed by atoms with Gasteiger partial charge in [-0.15, -0.1) is 0 Å². The third-order valence-corrected chi connectivity index (χ3v) is 2.07. The van der Waals surface area contributed by atoms with Crippen LogP contribution < -0.4 is 10.6 Å². The van der Waals surface area contributed by atoms with Crippen molar-refractivity contribution in [2.24, 2.45) is 0 Å². The lowest BCUT2D eigenvalue weighted by Gasteiger charge is -2.07. The second-order valence-electron chi connectivity index (χ2n) is 3.17. The molecule has 0 saturated carbocycles. The Hall–Kier alpha value is -1.52. The van der Waals surface area contributed by atoms with Gasteiger partial charge in [-0.2, -0.15) is 0 Å². The molecule has 15 heavy (non-hydrogen) atoms. The van der Waals surface area contributed by atoms with E-state index in [0.717, 1.165) is 12.5 Å². The van der Waals surface area contributed by atoms with Crippen LogP contribution in [0.3, 0.4) is 0 Å². The Balaban J connectivity index is 2.28. The van der Waals surface area contributed by atoms with E-state index in [-0.39, 0.29) is 5.91 Å². The number of anilines is 1. The van der Waals surface area contributed by atoms with Gasteiger partial charge in [0.15, 0.2) is 0 Å². The largest absolute Gasteiger partial charge is 0.356 e. The Labute approximate surface area is 89.9 Å². The number of aromatic nitrogens is 2. The molecule has 2 N–H and O–H groups in total.